The highest BCUT2D eigenvalue weighted by atomic mass is 19.1. The lowest BCUT2D eigenvalue weighted by Crippen LogP contribution is -2.51. The van der Waals surface area contributed by atoms with Crippen LogP contribution in [0.1, 0.15) is 51.5 Å². The minimum atomic E-state index is -0.420. The van der Waals surface area contributed by atoms with Crippen molar-refractivity contribution in [2.75, 3.05) is 0 Å². The number of nitrogens with one attached hydrogen (secondary N) is 1. The number of hydrogen-bond acceptors (Lipinski definition) is 1. The number of amides is 1. The van der Waals surface area contributed by atoms with Gasteiger partial charge >= 0.3 is 0 Å². The van der Waals surface area contributed by atoms with Crippen LogP contribution in [-0.2, 0) is 10.2 Å². The third-order valence-corrected chi connectivity index (χ3v) is 4.36. The standard InChI is InChI=1S/C16H22FNO/c1-3-14(4-2)18-15(19)16(10-5-11-16)12-6-8-13(17)9-7-12/h6-9,14H,3-5,10-11H2,1-2H3,(H,18,19). The summed E-state index contributed by atoms with van der Waals surface area (Å²) < 4.78 is 13.0. The molecule has 0 saturated heterocycles. The van der Waals surface area contributed by atoms with E-state index in [0.29, 0.717) is 0 Å². The van der Waals surface area contributed by atoms with Crippen molar-refractivity contribution in [1.29, 1.82) is 0 Å². The van der Waals surface area contributed by atoms with Gasteiger partial charge in [0.2, 0.25) is 5.91 Å². The van der Waals surface area contributed by atoms with Crippen LogP contribution in [0.2, 0.25) is 0 Å². The summed E-state index contributed by atoms with van der Waals surface area (Å²) in [6.45, 7) is 4.17. The van der Waals surface area contributed by atoms with Crippen LogP contribution in [0.5, 0.6) is 0 Å². The van der Waals surface area contributed by atoms with Crippen LogP contribution in [0.4, 0.5) is 4.39 Å². The van der Waals surface area contributed by atoms with Gasteiger partial charge in [-0.3, -0.25) is 4.79 Å². The Labute approximate surface area is 114 Å². The van der Waals surface area contributed by atoms with Crippen molar-refractivity contribution in [3.05, 3.63) is 35.6 Å². The molecule has 0 unspecified atom stereocenters. The molecular weight excluding hydrogens is 241 g/mol. The van der Waals surface area contributed by atoms with Gasteiger partial charge in [0, 0.05) is 6.04 Å². The minimum Gasteiger partial charge on any atom is -0.353 e. The van der Waals surface area contributed by atoms with Gasteiger partial charge in [-0.1, -0.05) is 32.4 Å². The summed E-state index contributed by atoms with van der Waals surface area (Å²) in [6.07, 6.45) is 4.69. The SMILES string of the molecule is CCC(CC)NC(=O)C1(c2ccc(F)cc2)CCC1. The molecule has 1 saturated carbocycles. The van der Waals surface area contributed by atoms with E-state index < -0.39 is 5.41 Å². The molecule has 19 heavy (non-hydrogen) atoms. The van der Waals surface area contributed by atoms with E-state index in [9.17, 15) is 9.18 Å². The van der Waals surface area contributed by atoms with Crippen molar-refractivity contribution >= 4 is 5.91 Å². The summed E-state index contributed by atoms with van der Waals surface area (Å²) in [6, 6.07) is 6.63. The van der Waals surface area contributed by atoms with Crippen LogP contribution >= 0.6 is 0 Å². The number of carbonyl (C=O) groups excluding carboxylic acids is 1. The summed E-state index contributed by atoms with van der Waals surface area (Å²) in [5.41, 5.74) is 0.527. The second-order valence-electron chi connectivity index (χ2n) is 5.43. The zero-order chi connectivity index (χ0) is 13.9. The molecule has 1 amide bonds. The van der Waals surface area contributed by atoms with E-state index in [1.165, 1.54) is 12.1 Å². The molecule has 2 nitrogen and oxygen atoms in total. The Kier molecular flexibility index (Phi) is 4.23. The smallest absolute Gasteiger partial charge is 0.230 e. The predicted octanol–water partition coefficient (Wildman–Crippen LogP) is 3.55. The molecule has 2 rings (SSSR count). The zero-order valence-electron chi connectivity index (χ0n) is 11.7. The Morgan fingerprint density at radius 1 is 1.26 bits per heavy atom. The molecular formula is C16H22FNO. The molecule has 1 fully saturated rings. The summed E-state index contributed by atoms with van der Waals surface area (Å²) in [7, 11) is 0. The highest BCUT2D eigenvalue weighted by molar-refractivity contribution is 5.89. The minimum absolute atomic E-state index is 0.110. The van der Waals surface area contributed by atoms with Gasteiger partial charge in [-0.25, -0.2) is 4.39 Å². The fraction of sp³-hybridized carbons (Fsp3) is 0.562. The molecule has 0 aromatic heterocycles. The fourth-order valence-electron chi connectivity index (χ4n) is 2.76. The first-order valence-corrected chi connectivity index (χ1v) is 7.19. The molecule has 1 aliphatic rings. The van der Waals surface area contributed by atoms with E-state index in [0.717, 1.165) is 37.7 Å². The summed E-state index contributed by atoms with van der Waals surface area (Å²) >= 11 is 0. The maximum absolute atomic E-state index is 13.0. The lowest BCUT2D eigenvalue weighted by atomic mass is 9.63. The van der Waals surface area contributed by atoms with E-state index in [4.69, 9.17) is 0 Å². The van der Waals surface area contributed by atoms with Gasteiger partial charge in [0.1, 0.15) is 5.82 Å². The molecule has 0 aliphatic heterocycles. The number of rotatable bonds is 5. The molecule has 1 aliphatic carbocycles. The Hall–Kier alpha value is -1.38. The average Bonchev–Trinajstić information content (AvgIpc) is 2.37. The molecule has 0 radical (unpaired) electrons. The molecule has 0 spiro atoms. The third-order valence-electron chi connectivity index (χ3n) is 4.36. The van der Waals surface area contributed by atoms with Gasteiger partial charge in [0.15, 0.2) is 0 Å². The topological polar surface area (TPSA) is 29.1 Å². The quantitative estimate of drug-likeness (QED) is 0.864. The Bertz CT molecular complexity index is 433. The van der Waals surface area contributed by atoms with Crippen molar-refractivity contribution in [3.63, 3.8) is 0 Å². The van der Waals surface area contributed by atoms with Crippen LogP contribution in [0.25, 0.3) is 0 Å². The Morgan fingerprint density at radius 2 is 1.84 bits per heavy atom. The third kappa shape index (κ3) is 2.65. The van der Waals surface area contributed by atoms with E-state index in [2.05, 4.69) is 19.2 Å². The van der Waals surface area contributed by atoms with Gasteiger partial charge in [0.25, 0.3) is 0 Å². The van der Waals surface area contributed by atoms with Crippen LogP contribution in [0.15, 0.2) is 24.3 Å². The number of carbonyl (C=O) groups is 1. The lowest BCUT2D eigenvalue weighted by Gasteiger charge is -2.41. The molecule has 0 heterocycles. The van der Waals surface area contributed by atoms with Gasteiger partial charge in [-0.2, -0.15) is 0 Å². The summed E-state index contributed by atoms with van der Waals surface area (Å²) in [5.74, 6) is -0.141. The van der Waals surface area contributed by atoms with Crippen LogP contribution < -0.4 is 5.32 Å². The average molecular weight is 263 g/mol. The molecule has 0 bridgehead atoms. The number of halogens is 1. The number of benzene rings is 1. The first kappa shape index (κ1) is 14.0. The first-order valence-electron chi connectivity index (χ1n) is 7.19. The Balaban J connectivity index is 2.18. The maximum Gasteiger partial charge on any atom is 0.230 e. The highest BCUT2D eigenvalue weighted by Crippen LogP contribution is 2.44. The second-order valence-corrected chi connectivity index (χ2v) is 5.43. The molecule has 1 aromatic carbocycles. The van der Waals surface area contributed by atoms with E-state index in [-0.39, 0.29) is 17.8 Å². The fourth-order valence-corrected chi connectivity index (χ4v) is 2.76. The van der Waals surface area contributed by atoms with Gasteiger partial charge in [-0.05, 0) is 43.4 Å². The Morgan fingerprint density at radius 3 is 2.26 bits per heavy atom. The second kappa shape index (κ2) is 5.72. The van der Waals surface area contributed by atoms with E-state index in [1.807, 2.05) is 0 Å². The monoisotopic (exact) mass is 263 g/mol. The molecule has 3 heteroatoms. The van der Waals surface area contributed by atoms with Crippen molar-refractivity contribution in [1.82, 2.24) is 5.32 Å². The predicted molar refractivity (Wildman–Crippen MR) is 74.4 cm³/mol. The van der Waals surface area contributed by atoms with Crippen molar-refractivity contribution in [3.8, 4) is 0 Å². The molecule has 1 N–H and O–H groups in total. The van der Waals surface area contributed by atoms with Crippen molar-refractivity contribution in [2.45, 2.75) is 57.4 Å². The van der Waals surface area contributed by atoms with Gasteiger partial charge in [-0.15, -0.1) is 0 Å². The summed E-state index contributed by atoms with van der Waals surface area (Å²) in [4.78, 5) is 12.6. The van der Waals surface area contributed by atoms with Crippen molar-refractivity contribution in [2.24, 2.45) is 0 Å². The lowest BCUT2D eigenvalue weighted by molar-refractivity contribution is -0.130. The number of hydrogen-bond donors (Lipinski definition) is 1. The highest BCUT2D eigenvalue weighted by Gasteiger charge is 2.45. The van der Waals surface area contributed by atoms with E-state index >= 15 is 0 Å². The zero-order valence-corrected chi connectivity index (χ0v) is 11.7. The maximum atomic E-state index is 13.0. The first-order chi connectivity index (χ1) is 9.12. The van der Waals surface area contributed by atoms with Crippen LogP contribution in [-0.4, -0.2) is 11.9 Å². The largest absolute Gasteiger partial charge is 0.353 e. The van der Waals surface area contributed by atoms with Crippen molar-refractivity contribution < 1.29 is 9.18 Å². The molecule has 104 valence electrons. The van der Waals surface area contributed by atoms with Gasteiger partial charge in [0.05, 0.1) is 5.41 Å². The van der Waals surface area contributed by atoms with Gasteiger partial charge < -0.3 is 5.32 Å². The van der Waals surface area contributed by atoms with E-state index in [1.54, 1.807) is 12.1 Å². The summed E-state index contributed by atoms with van der Waals surface area (Å²) in [5, 5.41) is 3.14. The molecule has 1 aromatic rings. The molecule has 0 atom stereocenters. The van der Waals surface area contributed by atoms with Crippen LogP contribution in [0, 0.1) is 5.82 Å². The normalized spacial score (nSPS) is 17.1. The van der Waals surface area contributed by atoms with Crippen LogP contribution in [0.3, 0.4) is 0 Å².